The van der Waals surface area contributed by atoms with Crippen molar-refractivity contribution in [1.29, 1.82) is 0 Å². The lowest BCUT2D eigenvalue weighted by Gasteiger charge is -2.24. The second kappa shape index (κ2) is 6.37. The Bertz CT molecular complexity index is 545. The molecule has 2 rings (SSSR count). The van der Waals surface area contributed by atoms with E-state index in [1.165, 1.54) is 12.5 Å². The molecule has 4 heteroatoms. The molecule has 0 saturated heterocycles. The van der Waals surface area contributed by atoms with E-state index < -0.39 is 5.97 Å². The number of hydrogen-bond acceptors (Lipinski definition) is 2. The number of amides is 1. The number of aryl methyl sites for hydroxylation is 1. The molecule has 1 aliphatic rings. The van der Waals surface area contributed by atoms with Gasteiger partial charge in [-0.1, -0.05) is 12.5 Å². The molecule has 1 fully saturated rings. The van der Waals surface area contributed by atoms with Crippen LogP contribution in [0.5, 0.6) is 0 Å². The smallest absolute Gasteiger partial charge is 0.328 e. The summed E-state index contributed by atoms with van der Waals surface area (Å²) >= 11 is 0. The Kier molecular flexibility index (Phi) is 4.56. The van der Waals surface area contributed by atoms with Crippen molar-refractivity contribution < 1.29 is 14.7 Å². The van der Waals surface area contributed by atoms with E-state index in [9.17, 15) is 9.59 Å². The van der Waals surface area contributed by atoms with E-state index in [0.29, 0.717) is 12.3 Å². The second-order valence-corrected chi connectivity index (χ2v) is 5.35. The second-order valence-electron chi connectivity index (χ2n) is 5.35. The lowest BCUT2D eigenvalue weighted by molar-refractivity contribution is -0.131. The van der Waals surface area contributed by atoms with Crippen molar-refractivity contribution >= 4 is 23.6 Å². The van der Waals surface area contributed by atoms with Gasteiger partial charge >= 0.3 is 5.97 Å². The van der Waals surface area contributed by atoms with Crippen molar-refractivity contribution in [2.75, 3.05) is 5.32 Å². The molecule has 0 aromatic heterocycles. The highest BCUT2D eigenvalue weighted by atomic mass is 16.4. The van der Waals surface area contributed by atoms with E-state index in [-0.39, 0.29) is 5.91 Å². The van der Waals surface area contributed by atoms with Gasteiger partial charge in [0.05, 0.1) is 0 Å². The van der Waals surface area contributed by atoms with Crippen LogP contribution < -0.4 is 5.32 Å². The molecule has 1 aromatic carbocycles. The summed E-state index contributed by atoms with van der Waals surface area (Å²) in [5.41, 5.74) is 2.47. The van der Waals surface area contributed by atoms with Crippen molar-refractivity contribution in [2.24, 2.45) is 5.92 Å². The molecule has 2 N–H and O–H groups in total. The number of carboxylic acids is 1. The van der Waals surface area contributed by atoms with Crippen LogP contribution in [0.3, 0.4) is 0 Å². The van der Waals surface area contributed by atoms with Crippen LogP contribution in [0.1, 0.15) is 36.8 Å². The van der Waals surface area contributed by atoms with Gasteiger partial charge in [-0.05, 0) is 55.0 Å². The van der Waals surface area contributed by atoms with E-state index in [1.807, 2.05) is 19.1 Å². The van der Waals surface area contributed by atoms with E-state index in [4.69, 9.17) is 5.11 Å². The molecule has 0 atom stereocenters. The third-order valence-corrected chi connectivity index (χ3v) is 3.50. The number of anilines is 1. The summed E-state index contributed by atoms with van der Waals surface area (Å²) in [6, 6.07) is 5.54. The molecule has 0 aliphatic heterocycles. The molecule has 20 heavy (non-hydrogen) atoms. The van der Waals surface area contributed by atoms with Crippen molar-refractivity contribution in [3.8, 4) is 0 Å². The van der Waals surface area contributed by atoms with Crippen molar-refractivity contribution in [2.45, 2.75) is 32.6 Å². The monoisotopic (exact) mass is 273 g/mol. The van der Waals surface area contributed by atoms with Crippen molar-refractivity contribution in [1.82, 2.24) is 0 Å². The number of carboxylic acid groups (broad SMARTS) is 1. The van der Waals surface area contributed by atoms with Gasteiger partial charge in [0, 0.05) is 18.2 Å². The fourth-order valence-corrected chi connectivity index (χ4v) is 2.32. The molecule has 1 amide bonds. The van der Waals surface area contributed by atoms with Gasteiger partial charge < -0.3 is 10.4 Å². The van der Waals surface area contributed by atoms with Crippen LogP contribution >= 0.6 is 0 Å². The number of rotatable bonds is 5. The number of carbonyl (C=O) groups excluding carboxylic acids is 1. The zero-order valence-electron chi connectivity index (χ0n) is 11.6. The Morgan fingerprint density at radius 1 is 1.35 bits per heavy atom. The Morgan fingerprint density at radius 3 is 2.70 bits per heavy atom. The van der Waals surface area contributed by atoms with Crippen LogP contribution in [-0.4, -0.2) is 17.0 Å². The molecule has 0 heterocycles. The molecule has 0 bridgehead atoms. The summed E-state index contributed by atoms with van der Waals surface area (Å²) in [4.78, 5) is 22.4. The lowest BCUT2D eigenvalue weighted by Crippen LogP contribution is -2.20. The fourth-order valence-electron chi connectivity index (χ4n) is 2.32. The number of nitrogens with one attached hydrogen (secondary N) is 1. The summed E-state index contributed by atoms with van der Waals surface area (Å²) in [6.07, 6.45) is 6.72. The number of hydrogen-bond donors (Lipinski definition) is 2. The predicted molar refractivity (Wildman–Crippen MR) is 78.4 cm³/mol. The van der Waals surface area contributed by atoms with Gasteiger partial charge in [0.2, 0.25) is 5.91 Å². The molecule has 0 unspecified atom stereocenters. The average molecular weight is 273 g/mol. The van der Waals surface area contributed by atoms with Gasteiger partial charge in [-0.2, -0.15) is 0 Å². The molecular formula is C16H19NO3. The Hall–Kier alpha value is -2.10. The predicted octanol–water partition coefficient (Wildman–Crippen LogP) is 3.22. The first kappa shape index (κ1) is 14.3. The lowest BCUT2D eigenvalue weighted by atomic mass is 9.83. The third-order valence-electron chi connectivity index (χ3n) is 3.50. The minimum Gasteiger partial charge on any atom is -0.478 e. The standard InChI is InChI=1S/C16H19NO3/c1-11-7-13(5-6-16(19)20)9-14(8-11)17-15(18)10-12-3-2-4-12/h5-9,12H,2-4,10H2,1H3,(H,17,18)(H,19,20)/b6-5+. The van der Waals surface area contributed by atoms with Crippen LogP contribution in [0.15, 0.2) is 24.3 Å². The molecule has 0 radical (unpaired) electrons. The molecule has 1 aromatic rings. The van der Waals surface area contributed by atoms with E-state index in [1.54, 1.807) is 6.07 Å². The van der Waals surface area contributed by atoms with Gasteiger partial charge in [-0.15, -0.1) is 0 Å². The number of benzene rings is 1. The van der Waals surface area contributed by atoms with Crippen LogP contribution in [0.25, 0.3) is 6.08 Å². The summed E-state index contributed by atoms with van der Waals surface area (Å²) in [6.45, 7) is 1.92. The largest absolute Gasteiger partial charge is 0.478 e. The Morgan fingerprint density at radius 2 is 2.10 bits per heavy atom. The first-order valence-electron chi connectivity index (χ1n) is 6.85. The zero-order valence-corrected chi connectivity index (χ0v) is 11.6. The zero-order chi connectivity index (χ0) is 14.5. The van der Waals surface area contributed by atoms with E-state index in [0.717, 1.165) is 35.7 Å². The van der Waals surface area contributed by atoms with Gasteiger partial charge in [-0.3, -0.25) is 4.79 Å². The van der Waals surface area contributed by atoms with E-state index in [2.05, 4.69) is 5.32 Å². The summed E-state index contributed by atoms with van der Waals surface area (Å²) in [5.74, 6) is -0.415. The summed E-state index contributed by atoms with van der Waals surface area (Å²) in [7, 11) is 0. The minimum absolute atomic E-state index is 0.0356. The normalized spacial score (nSPS) is 15.1. The molecule has 0 spiro atoms. The van der Waals surface area contributed by atoms with Crippen LogP contribution in [0.4, 0.5) is 5.69 Å². The van der Waals surface area contributed by atoms with Crippen molar-refractivity contribution in [3.05, 3.63) is 35.4 Å². The molecule has 1 saturated carbocycles. The van der Waals surface area contributed by atoms with Gasteiger partial charge in [0.1, 0.15) is 0 Å². The van der Waals surface area contributed by atoms with E-state index >= 15 is 0 Å². The highest BCUT2D eigenvalue weighted by Gasteiger charge is 2.20. The van der Waals surface area contributed by atoms with Crippen LogP contribution in [0, 0.1) is 12.8 Å². The maximum atomic E-state index is 11.9. The third kappa shape index (κ3) is 4.23. The maximum absolute atomic E-state index is 11.9. The Balaban J connectivity index is 2.02. The summed E-state index contributed by atoms with van der Waals surface area (Å²) < 4.78 is 0. The van der Waals surface area contributed by atoms with Gasteiger partial charge in [0.15, 0.2) is 0 Å². The minimum atomic E-state index is -0.984. The van der Waals surface area contributed by atoms with Gasteiger partial charge in [0.25, 0.3) is 0 Å². The van der Waals surface area contributed by atoms with Gasteiger partial charge in [-0.25, -0.2) is 4.79 Å². The number of carbonyl (C=O) groups is 2. The fraction of sp³-hybridized carbons (Fsp3) is 0.375. The Labute approximate surface area is 118 Å². The highest BCUT2D eigenvalue weighted by Crippen LogP contribution is 2.29. The molecule has 4 nitrogen and oxygen atoms in total. The quantitative estimate of drug-likeness (QED) is 0.809. The van der Waals surface area contributed by atoms with Crippen LogP contribution in [-0.2, 0) is 9.59 Å². The molecular weight excluding hydrogens is 254 g/mol. The van der Waals surface area contributed by atoms with Crippen LogP contribution in [0.2, 0.25) is 0 Å². The molecule has 106 valence electrons. The average Bonchev–Trinajstić information content (AvgIpc) is 2.31. The summed E-state index contributed by atoms with van der Waals surface area (Å²) in [5, 5.41) is 11.5. The highest BCUT2D eigenvalue weighted by molar-refractivity contribution is 5.91. The first-order chi connectivity index (χ1) is 9.52. The topological polar surface area (TPSA) is 66.4 Å². The molecule has 1 aliphatic carbocycles. The number of aliphatic carboxylic acids is 1. The maximum Gasteiger partial charge on any atom is 0.328 e. The van der Waals surface area contributed by atoms with Crippen molar-refractivity contribution in [3.63, 3.8) is 0 Å². The SMILES string of the molecule is Cc1cc(/C=C/C(=O)O)cc(NC(=O)CC2CCC2)c1. The first-order valence-corrected chi connectivity index (χ1v) is 6.85.